The number of Topliss-reactive ketones (excluding diaryl/α,β-unsaturated/α-hetero) is 1. The van der Waals surface area contributed by atoms with Crippen LogP contribution in [-0.4, -0.2) is 18.9 Å². The SMILES string of the molecule is COC(=O)C1(c2ccc(F)c(Br)c2)CC(=O)C1. The Bertz CT molecular complexity index is 491. The minimum Gasteiger partial charge on any atom is -0.468 e. The van der Waals surface area contributed by atoms with E-state index in [1.54, 1.807) is 0 Å². The maximum absolute atomic E-state index is 13.1. The smallest absolute Gasteiger partial charge is 0.317 e. The average molecular weight is 301 g/mol. The van der Waals surface area contributed by atoms with E-state index in [-0.39, 0.29) is 23.1 Å². The maximum atomic E-state index is 13.1. The highest BCUT2D eigenvalue weighted by Gasteiger charge is 2.52. The third-order valence-electron chi connectivity index (χ3n) is 3.05. The first-order valence-electron chi connectivity index (χ1n) is 5.05. The Morgan fingerprint density at radius 2 is 2.12 bits per heavy atom. The molecule has 0 amide bonds. The van der Waals surface area contributed by atoms with Gasteiger partial charge in [-0.2, -0.15) is 0 Å². The van der Waals surface area contributed by atoms with Crippen LogP contribution in [0.3, 0.4) is 0 Å². The molecule has 0 radical (unpaired) electrons. The van der Waals surface area contributed by atoms with E-state index in [9.17, 15) is 14.0 Å². The maximum Gasteiger partial charge on any atom is 0.317 e. The van der Waals surface area contributed by atoms with E-state index < -0.39 is 17.2 Å². The third-order valence-corrected chi connectivity index (χ3v) is 3.65. The van der Waals surface area contributed by atoms with Gasteiger partial charge >= 0.3 is 5.97 Å². The summed E-state index contributed by atoms with van der Waals surface area (Å²) in [5.41, 5.74) is -0.320. The lowest BCUT2D eigenvalue weighted by Gasteiger charge is -2.37. The summed E-state index contributed by atoms with van der Waals surface area (Å²) in [7, 11) is 1.28. The fourth-order valence-corrected chi connectivity index (χ4v) is 2.46. The molecule has 1 aliphatic carbocycles. The molecule has 0 unspecified atom stereocenters. The van der Waals surface area contributed by atoms with Crippen LogP contribution in [0.15, 0.2) is 22.7 Å². The van der Waals surface area contributed by atoms with Gasteiger partial charge in [-0.05, 0) is 33.6 Å². The van der Waals surface area contributed by atoms with Crippen molar-refractivity contribution in [2.24, 2.45) is 0 Å². The Hall–Kier alpha value is -1.23. The summed E-state index contributed by atoms with van der Waals surface area (Å²) >= 11 is 3.07. The molecule has 0 aliphatic heterocycles. The number of benzene rings is 1. The minimum atomic E-state index is -0.929. The fraction of sp³-hybridized carbons (Fsp3) is 0.333. The fourth-order valence-electron chi connectivity index (χ4n) is 2.08. The van der Waals surface area contributed by atoms with Crippen LogP contribution in [0, 0.1) is 5.82 Å². The van der Waals surface area contributed by atoms with E-state index in [2.05, 4.69) is 15.9 Å². The lowest BCUT2D eigenvalue weighted by Crippen LogP contribution is -2.49. The number of carbonyl (C=O) groups is 2. The number of carbonyl (C=O) groups excluding carboxylic acids is 2. The summed E-state index contributed by atoms with van der Waals surface area (Å²) in [6.07, 6.45) is 0.246. The van der Waals surface area contributed by atoms with Crippen molar-refractivity contribution in [3.63, 3.8) is 0 Å². The van der Waals surface area contributed by atoms with E-state index in [1.165, 1.54) is 25.3 Å². The zero-order chi connectivity index (χ0) is 12.6. The van der Waals surface area contributed by atoms with Crippen LogP contribution in [0.5, 0.6) is 0 Å². The van der Waals surface area contributed by atoms with Crippen LogP contribution in [0.2, 0.25) is 0 Å². The summed E-state index contributed by atoms with van der Waals surface area (Å²) in [5, 5.41) is 0. The molecule has 1 aliphatic rings. The van der Waals surface area contributed by atoms with Gasteiger partial charge in [-0.3, -0.25) is 9.59 Å². The Labute approximate surface area is 106 Å². The highest BCUT2D eigenvalue weighted by atomic mass is 79.9. The summed E-state index contributed by atoms with van der Waals surface area (Å²) in [4.78, 5) is 22.9. The van der Waals surface area contributed by atoms with Crippen molar-refractivity contribution in [1.29, 1.82) is 0 Å². The van der Waals surface area contributed by atoms with Gasteiger partial charge in [0.25, 0.3) is 0 Å². The van der Waals surface area contributed by atoms with Crippen LogP contribution >= 0.6 is 15.9 Å². The van der Waals surface area contributed by atoms with E-state index >= 15 is 0 Å². The molecule has 0 heterocycles. The topological polar surface area (TPSA) is 43.4 Å². The molecule has 1 fully saturated rings. The first kappa shape index (κ1) is 12.2. The van der Waals surface area contributed by atoms with E-state index in [1.807, 2.05) is 0 Å². The molecular formula is C12H10BrFO3. The predicted octanol–water partition coefficient (Wildman–Crippen LogP) is 2.36. The monoisotopic (exact) mass is 300 g/mol. The summed E-state index contributed by atoms with van der Waals surface area (Å²) in [6.45, 7) is 0. The average Bonchev–Trinajstić information content (AvgIpc) is 2.27. The number of rotatable bonds is 2. The van der Waals surface area contributed by atoms with Gasteiger partial charge in [-0.25, -0.2) is 4.39 Å². The van der Waals surface area contributed by atoms with Crippen LogP contribution in [0.1, 0.15) is 18.4 Å². The standard InChI is InChI=1S/C12H10BrFO3/c1-17-11(16)12(5-8(15)6-12)7-2-3-10(14)9(13)4-7/h2-4H,5-6H2,1H3. The van der Waals surface area contributed by atoms with Gasteiger partial charge in [-0.15, -0.1) is 0 Å². The van der Waals surface area contributed by atoms with Crippen molar-refractivity contribution in [3.05, 3.63) is 34.1 Å². The number of methoxy groups -OCH3 is 1. The number of halogens is 2. The molecule has 0 N–H and O–H groups in total. The van der Waals surface area contributed by atoms with E-state index in [0.29, 0.717) is 5.56 Å². The van der Waals surface area contributed by atoms with Gasteiger partial charge < -0.3 is 4.74 Å². The second kappa shape index (κ2) is 4.22. The van der Waals surface area contributed by atoms with Gasteiger partial charge in [-0.1, -0.05) is 6.07 Å². The number of hydrogen-bond donors (Lipinski definition) is 0. The quantitative estimate of drug-likeness (QED) is 0.788. The molecule has 0 saturated heterocycles. The zero-order valence-corrected chi connectivity index (χ0v) is 10.7. The summed E-state index contributed by atoms with van der Waals surface area (Å²) in [5.74, 6) is -0.842. The van der Waals surface area contributed by atoms with Crippen molar-refractivity contribution in [2.45, 2.75) is 18.3 Å². The molecule has 17 heavy (non-hydrogen) atoms. The molecule has 3 nitrogen and oxygen atoms in total. The molecule has 90 valence electrons. The van der Waals surface area contributed by atoms with Crippen molar-refractivity contribution in [2.75, 3.05) is 7.11 Å². The molecule has 0 atom stereocenters. The normalized spacial score (nSPS) is 17.5. The highest BCUT2D eigenvalue weighted by molar-refractivity contribution is 9.10. The number of ether oxygens (including phenoxy) is 1. The van der Waals surface area contributed by atoms with E-state index in [4.69, 9.17) is 4.74 Å². The third kappa shape index (κ3) is 1.88. The molecule has 0 spiro atoms. The Balaban J connectivity index is 2.44. The Morgan fingerprint density at radius 1 is 1.47 bits per heavy atom. The molecule has 1 aromatic rings. The van der Waals surface area contributed by atoms with Gasteiger partial charge in [0.1, 0.15) is 17.0 Å². The zero-order valence-electron chi connectivity index (χ0n) is 9.13. The van der Waals surface area contributed by atoms with Crippen LogP contribution in [0.25, 0.3) is 0 Å². The molecule has 2 rings (SSSR count). The minimum absolute atomic E-state index is 0.0100. The Kier molecular flexibility index (Phi) is 3.03. The molecule has 1 aromatic carbocycles. The van der Waals surface area contributed by atoms with Gasteiger partial charge in [0.05, 0.1) is 11.6 Å². The van der Waals surface area contributed by atoms with E-state index in [0.717, 1.165) is 0 Å². The lowest BCUT2D eigenvalue weighted by molar-refractivity contribution is -0.156. The summed E-state index contributed by atoms with van der Waals surface area (Å²) < 4.78 is 18.1. The highest BCUT2D eigenvalue weighted by Crippen LogP contribution is 2.43. The van der Waals surface area contributed by atoms with Gasteiger partial charge in [0.15, 0.2) is 0 Å². The van der Waals surface area contributed by atoms with Gasteiger partial charge in [0, 0.05) is 12.8 Å². The molecule has 5 heteroatoms. The predicted molar refractivity (Wildman–Crippen MR) is 62.0 cm³/mol. The van der Waals surface area contributed by atoms with Crippen molar-refractivity contribution >= 4 is 27.7 Å². The van der Waals surface area contributed by atoms with Gasteiger partial charge in [0.2, 0.25) is 0 Å². The van der Waals surface area contributed by atoms with Crippen molar-refractivity contribution in [1.82, 2.24) is 0 Å². The largest absolute Gasteiger partial charge is 0.468 e. The number of hydrogen-bond acceptors (Lipinski definition) is 3. The molecular weight excluding hydrogens is 291 g/mol. The van der Waals surface area contributed by atoms with Crippen LogP contribution in [-0.2, 0) is 19.7 Å². The number of ketones is 1. The first-order valence-corrected chi connectivity index (χ1v) is 5.84. The Morgan fingerprint density at radius 3 is 2.59 bits per heavy atom. The molecule has 0 bridgehead atoms. The summed E-state index contributed by atoms with van der Waals surface area (Å²) in [6, 6.07) is 4.31. The number of esters is 1. The molecule has 0 aromatic heterocycles. The van der Waals surface area contributed by atoms with Crippen molar-refractivity contribution < 1.29 is 18.7 Å². The lowest BCUT2D eigenvalue weighted by atomic mass is 9.63. The van der Waals surface area contributed by atoms with Crippen molar-refractivity contribution in [3.8, 4) is 0 Å². The van der Waals surface area contributed by atoms with Crippen LogP contribution < -0.4 is 0 Å². The molecule has 1 saturated carbocycles. The van der Waals surface area contributed by atoms with Crippen LogP contribution in [0.4, 0.5) is 4.39 Å². The second-order valence-corrected chi connectivity index (χ2v) is 4.95. The first-order chi connectivity index (χ1) is 7.99. The second-order valence-electron chi connectivity index (χ2n) is 4.09.